The van der Waals surface area contributed by atoms with Crippen LogP contribution >= 0.6 is 37.7 Å². The molecule has 0 radical (unpaired) electrons. The Balaban J connectivity index is 1.70. The van der Waals surface area contributed by atoms with Gasteiger partial charge in [0, 0.05) is 30.0 Å². The Kier molecular flexibility index (Phi) is 14.4. The molecule has 2 N–H and O–H groups in total. The number of hydrogen-bond donors (Lipinski definition) is 2. The van der Waals surface area contributed by atoms with Crippen molar-refractivity contribution < 1.29 is 32.9 Å². The number of nitrogens with one attached hydrogen (secondary N) is 2. The first-order chi connectivity index (χ1) is 20.6. The molecule has 0 amide bonds. The number of carbonyl (C=O) groups is 2. The molecule has 2 aromatic rings. The number of ether oxygens (including phenoxy) is 3. The Bertz CT molecular complexity index is 1340. The van der Waals surface area contributed by atoms with Gasteiger partial charge in [0.25, 0.3) is 0 Å². The monoisotopic (exact) mass is 744 g/mol. The zero-order valence-electron chi connectivity index (χ0n) is 25.5. The van der Waals surface area contributed by atoms with E-state index in [4.69, 9.17) is 18.7 Å². The largest absolute Gasteiger partial charge is 0.491 e. The van der Waals surface area contributed by atoms with Gasteiger partial charge in [-0.15, -0.1) is 0 Å². The summed E-state index contributed by atoms with van der Waals surface area (Å²) in [6, 6.07) is 8.12. The van der Waals surface area contributed by atoms with Crippen LogP contribution in [0.25, 0.3) is 0 Å². The first kappa shape index (κ1) is 35.4. The van der Waals surface area contributed by atoms with Crippen molar-refractivity contribution >= 4 is 49.6 Å². The fourth-order valence-electron chi connectivity index (χ4n) is 4.92. The topological polar surface area (TPSA) is 112 Å². The molecule has 0 saturated carbocycles. The second-order valence-electron chi connectivity index (χ2n) is 10.2. The molecule has 1 unspecified atom stereocenters. The van der Waals surface area contributed by atoms with Crippen LogP contribution in [-0.4, -0.2) is 56.2 Å². The second-order valence-corrected chi connectivity index (χ2v) is 14.9. The number of carbonyl (C=O) groups excluding carboxylic acids is 2. The van der Waals surface area contributed by atoms with Gasteiger partial charge < -0.3 is 24.1 Å². The number of para-hydroxylation sites is 1. The van der Waals surface area contributed by atoms with Crippen LogP contribution in [0.5, 0.6) is 11.5 Å². The number of hydrogen-bond acceptors (Lipinski definition) is 9. The number of esters is 2. The average Bonchev–Trinajstić information content (AvgIpc) is 3.37. The van der Waals surface area contributed by atoms with Crippen molar-refractivity contribution in [3.05, 3.63) is 69.8 Å². The summed E-state index contributed by atoms with van der Waals surface area (Å²) in [5.74, 6) is 1.10. The number of allylic oxidation sites excluding steroid dienone is 1. The average molecular weight is 745 g/mol. The van der Waals surface area contributed by atoms with E-state index in [9.17, 15) is 14.2 Å². The maximum Gasteiger partial charge on any atom is 0.342 e. The minimum Gasteiger partial charge on any atom is -0.491 e. The highest BCUT2D eigenvalue weighted by atomic mass is 127. The number of fused-ring (bicyclic) bond motifs is 1. The highest BCUT2D eigenvalue weighted by molar-refractivity contribution is 14.2. The molecule has 1 aliphatic rings. The molecule has 0 bridgehead atoms. The molecule has 0 fully saturated rings. The molecule has 9 nitrogen and oxygen atoms in total. The molecular formula is C31H42IN2O7PS. The van der Waals surface area contributed by atoms with E-state index in [1.165, 1.54) is 5.56 Å². The summed E-state index contributed by atoms with van der Waals surface area (Å²) in [5.41, 5.74) is 5.88. The van der Waals surface area contributed by atoms with Gasteiger partial charge in [-0.1, -0.05) is 45.7 Å². The number of cyclic esters (lactones) is 1. The SMILES string of the molecule is CCOC(=O)[C@H](C)NP(=O)(CCNC/C(C)=C/Cc1c(CC)c(C)c2c(c1OCCSI)C(=O)OC2)Oc1ccccc1. The van der Waals surface area contributed by atoms with Gasteiger partial charge in [0.1, 0.15) is 29.7 Å². The zero-order valence-corrected chi connectivity index (χ0v) is 29.4. The van der Waals surface area contributed by atoms with Gasteiger partial charge in [0.05, 0.1) is 19.4 Å². The fraction of sp³-hybridized carbons (Fsp3) is 0.484. The maximum atomic E-state index is 13.8. The molecule has 2 aromatic carbocycles. The number of rotatable bonds is 18. The number of halogens is 1. The molecule has 43 heavy (non-hydrogen) atoms. The van der Waals surface area contributed by atoms with Gasteiger partial charge in [0.2, 0.25) is 0 Å². The van der Waals surface area contributed by atoms with E-state index in [1.807, 2.05) is 13.0 Å². The van der Waals surface area contributed by atoms with Gasteiger partial charge in [-0.2, -0.15) is 0 Å². The number of benzene rings is 2. The molecule has 0 saturated heterocycles. The lowest BCUT2D eigenvalue weighted by molar-refractivity contribution is -0.144. The second kappa shape index (κ2) is 17.4. The van der Waals surface area contributed by atoms with E-state index in [0.717, 1.165) is 34.4 Å². The van der Waals surface area contributed by atoms with Crippen LogP contribution in [-0.2, 0) is 38.3 Å². The van der Waals surface area contributed by atoms with Crippen LogP contribution in [0.15, 0.2) is 42.0 Å². The van der Waals surface area contributed by atoms with Crippen molar-refractivity contribution in [3.63, 3.8) is 0 Å². The third-order valence-corrected chi connectivity index (χ3v) is 10.8. The Labute approximate surface area is 271 Å². The molecule has 236 valence electrons. The van der Waals surface area contributed by atoms with Gasteiger partial charge in [-0.05, 0) is 85.0 Å². The minimum absolute atomic E-state index is 0.165. The van der Waals surface area contributed by atoms with Crippen LogP contribution in [0.1, 0.15) is 60.3 Å². The molecule has 1 heterocycles. The summed E-state index contributed by atoms with van der Waals surface area (Å²) in [6.45, 7) is 11.5. The quantitative estimate of drug-likeness (QED) is 0.0571. The molecular weight excluding hydrogens is 702 g/mol. The summed E-state index contributed by atoms with van der Waals surface area (Å²) < 4.78 is 36.3. The first-order valence-corrected chi connectivity index (χ1v) is 19.8. The van der Waals surface area contributed by atoms with Crippen molar-refractivity contribution in [1.29, 1.82) is 0 Å². The smallest absolute Gasteiger partial charge is 0.342 e. The minimum atomic E-state index is -3.44. The summed E-state index contributed by atoms with van der Waals surface area (Å²) >= 11 is 2.24. The van der Waals surface area contributed by atoms with Crippen molar-refractivity contribution in [2.45, 2.75) is 60.1 Å². The molecule has 2 atom stereocenters. The molecule has 0 aliphatic carbocycles. The van der Waals surface area contributed by atoms with Crippen molar-refractivity contribution in [2.75, 3.05) is 38.2 Å². The maximum absolute atomic E-state index is 13.8. The summed E-state index contributed by atoms with van der Waals surface area (Å²) in [7, 11) is -1.78. The van der Waals surface area contributed by atoms with E-state index in [1.54, 1.807) is 47.0 Å². The lowest BCUT2D eigenvalue weighted by Crippen LogP contribution is -2.36. The van der Waals surface area contributed by atoms with E-state index >= 15 is 0 Å². The Hall–Kier alpha value is -2.05. The summed E-state index contributed by atoms with van der Waals surface area (Å²) in [4.78, 5) is 24.9. The molecule has 1 aliphatic heterocycles. The summed E-state index contributed by atoms with van der Waals surface area (Å²) in [5, 5.41) is 6.23. The Morgan fingerprint density at radius 3 is 2.65 bits per heavy atom. The van der Waals surface area contributed by atoms with Gasteiger partial charge in [-0.3, -0.25) is 9.36 Å². The highest BCUT2D eigenvalue weighted by Gasteiger charge is 2.32. The predicted molar refractivity (Wildman–Crippen MR) is 181 cm³/mol. The molecule has 0 aromatic heterocycles. The van der Waals surface area contributed by atoms with E-state index < -0.39 is 19.5 Å². The van der Waals surface area contributed by atoms with Crippen LogP contribution in [0.4, 0.5) is 0 Å². The van der Waals surface area contributed by atoms with Crippen molar-refractivity contribution in [3.8, 4) is 11.5 Å². The van der Waals surface area contributed by atoms with Crippen LogP contribution in [0, 0.1) is 6.92 Å². The van der Waals surface area contributed by atoms with Crippen LogP contribution in [0.3, 0.4) is 0 Å². The van der Waals surface area contributed by atoms with E-state index in [-0.39, 0.29) is 25.3 Å². The van der Waals surface area contributed by atoms with Crippen molar-refractivity contribution in [1.82, 2.24) is 10.4 Å². The van der Waals surface area contributed by atoms with Gasteiger partial charge in [0.15, 0.2) is 0 Å². The highest BCUT2D eigenvalue weighted by Crippen LogP contribution is 2.43. The Morgan fingerprint density at radius 1 is 1.23 bits per heavy atom. The van der Waals surface area contributed by atoms with Gasteiger partial charge in [-0.25, -0.2) is 9.88 Å². The van der Waals surface area contributed by atoms with Crippen molar-refractivity contribution in [2.24, 2.45) is 0 Å². The lowest BCUT2D eigenvalue weighted by atomic mass is 9.89. The standard InChI is InChI=1S/C31H42IN2O7PS/c1-6-25-22(4)27-20-40-31(36)28(27)29(39-16-18-43-32)26(25)14-13-21(3)19-33-15-17-42(37,34-23(5)30(35)38-7-2)41-24-11-9-8-10-12-24/h8-13,23,33H,6-7,14-20H2,1-5H3,(H,34,37)/b21-13+/t23-,42?/m0/s1. The van der Waals surface area contributed by atoms with E-state index in [2.05, 4.69) is 51.5 Å². The summed E-state index contributed by atoms with van der Waals surface area (Å²) in [6.07, 6.45) is 3.73. The molecule has 0 spiro atoms. The van der Waals surface area contributed by atoms with Crippen LogP contribution < -0.4 is 19.7 Å². The van der Waals surface area contributed by atoms with E-state index in [0.29, 0.717) is 43.2 Å². The third kappa shape index (κ3) is 9.97. The first-order valence-electron chi connectivity index (χ1n) is 14.5. The fourth-order valence-corrected chi connectivity index (χ4v) is 7.49. The normalized spacial score (nSPS) is 14.9. The zero-order chi connectivity index (χ0) is 31.4. The third-order valence-electron chi connectivity index (χ3n) is 7.05. The van der Waals surface area contributed by atoms with Crippen LogP contribution in [0.2, 0.25) is 0 Å². The predicted octanol–water partition coefficient (Wildman–Crippen LogP) is 6.58. The molecule has 3 rings (SSSR count). The Morgan fingerprint density at radius 2 is 1.98 bits per heavy atom. The van der Waals surface area contributed by atoms with Gasteiger partial charge >= 0.3 is 19.5 Å². The lowest BCUT2D eigenvalue weighted by Gasteiger charge is -2.23. The molecule has 12 heteroatoms.